The third kappa shape index (κ3) is 4.14. The fourth-order valence-electron chi connectivity index (χ4n) is 2.41. The van der Waals surface area contributed by atoms with Gasteiger partial charge in [0.25, 0.3) is 11.1 Å². The van der Waals surface area contributed by atoms with Crippen LogP contribution in [-0.2, 0) is 5.75 Å². The van der Waals surface area contributed by atoms with Crippen molar-refractivity contribution in [2.24, 2.45) is 0 Å². The van der Waals surface area contributed by atoms with E-state index in [2.05, 4.69) is 36.2 Å². The zero-order valence-electron chi connectivity index (χ0n) is 15.3. The smallest absolute Gasteiger partial charge is 0.277 e. The van der Waals surface area contributed by atoms with Gasteiger partial charge in [-0.2, -0.15) is 0 Å². The fraction of sp³-hybridized carbons (Fsp3) is 0.250. The molecule has 0 fully saturated rings. The highest BCUT2D eigenvalue weighted by atomic mass is 32.2. The van der Waals surface area contributed by atoms with Crippen molar-refractivity contribution in [1.82, 2.24) is 15.1 Å². The fourth-order valence-corrected chi connectivity index (χ4v) is 3.13. The van der Waals surface area contributed by atoms with E-state index in [0.717, 1.165) is 11.1 Å². The number of nitrogens with zero attached hydrogens (tertiary/aromatic N) is 3. The predicted octanol–water partition coefficient (Wildman–Crippen LogP) is 4.35. The molecule has 0 unspecified atom stereocenters. The van der Waals surface area contributed by atoms with Crippen molar-refractivity contribution in [2.75, 3.05) is 14.1 Å². The standard InChI is InChI=1S/C20H21N3O2S/c1-13-5-8-17(11-14(13)2)18-21-22-20(25-18)26-12-15-6-9-16(10-7-15)19(24)23(3)4/h5-11H,12H2,1-4H3. The Kier molecular flexibility index (Phi) is 5.42. The molecule has 0 saturated carbocycles. The summed E-state index contributed by atoms with van der Waals surface area (Å²) < 4.78 is 5.76. The Morgan fingerprint density at radius 3 is 2.42 bits per heavy atom. The topological polar surface area (TPSA) is 59.2 Å². The van der Waals surface area contributed by atoms with Crippen LogP contribution in [-0.4, -0.2) is 35.1 Å². The molecule has 134 valence electrons. The largest absolute Gasteiger partial charge is 0.411 e. The number of aromatic nitrogens is 2. The molecule has 0 bridgehead atoms. The molecule has 2 aromatic carbocycles. The number of benzene rings is 2. The van der Waals surface area contributed by atoms with Gasteiger partial charge in [0, 0.05) is 31.0 Å². The van der Waals surface area contributed by atoms with Gasteiger partial charge >= 0.3 is 0 Å². The molecule has 3 rings (SSSR count). The van der Waals surface area contributed by atoms with Gasteiger partial charge < -0.3 is 9.32 Å². The molecular formula is C20H21N3O2S. The van der Waals surface area contributed by atoms with Crippen molar-refractivity contribution in [2.45, 2.75) is 24.8 Å². The van der Waals surface area contributed by atoms with Crippen LogP contribution in [0.25, 0.3) is 11.5 Å². The van der Waals surface area contributed by atoms with Gasteiger partial charge in [0.05, 0.1) is 0 Å². The first-order valence-electron chi connectivity index (χ1n) is 8.28. The molecular weight excluding hydrogens is 346 g/mol. The van der Waals surface area contributed by atoms with Crippen LogP contribution in [0.3, 0.4) is 0 Å². The van der Waals surface area contributed by atoms with Crippen LogP contribution in [0.1, 0.15) is 27.0 Å². The summed E-state index contributed by atoms with van der Waals surface area (Å²) in [4.78, 5) is 13.5. The van der Waals surface area contributed by atoms with Crippen LogP contribution in [0.2, 0.25) is 0 Å². The van der Waals surface area contributed by atoms with Crippen LogP contribution in [0.4, 0.5) is 0 Å². The molecule has 1 heterocycles. The van der Waals surface area contributed by atoms with Gasteiger partial charge in [-0.3, -0.25) is 4.79 Å². The third-order valence-electron chi connectivity index (χ3n) is 4.13. The van der Waals surface area contributed by atoms with Gasteiger partial charge in [0.2, 0.25) is 5.89 Å². The zero-order valence-corrected chi connectivity index (χ0v) is 16.1. The summed E-state index contributed by atoms with van der Waals surface area (Å²) in [6, 6.07) is 13.7. The number of hydrogen-bond donors (Lipinski definition) is 0. The monoisotopic (exact) mass is 367 g/mol. The highest BCUT2D eigenvalue weighted by Crippen LogP contribution is 2.27. The van der Waals surface area contributed by atoms with Crippen molar-refractivity contribution in [1.29, 1.82) is 0 Å². The molecule has 0 N–H and O–H groups in total. The van der Waals surface area contributed by atoms with Gasteiger partial charge in [-0.25, -0.2) is 0 Å². The van der Waals surface area contributed by atoms with Crippen LogP contribution in [0.5, 0.6) is 0 Å². The van der Waals surface area contributed by atoms with Crippen LogP contribution < -0.4 is 0 Å². The van der Waals surface area contributed by atoms with Gasteiger partial charge in [-0.1, -0.05) is 30.0 Å². The minimum atomic E-state index is -0.000799. The highest BCUT2D eigenvalue weighted by Gasteiger charge is 2.11. The predicted molar refractivity (Wildman–Crippen MR) is 103 cm³/mol. The number of thioether (sulfide) groups is 1. The Balaban J connectivity index is 1.64. The van der Waals surface area contributed by atoms with Crippen molar-refractivity contribution in [3.8, 4) is 11.5 Å². The van der Waals surface area contributed by atoms with Crippen molar-refractivity contribution < 1.29 is 9.21 Å². The molecule has 1 amide bonds. The lowest BCUT2D eigenvalue weighted by molar-refractivity contribution is 0.0827. The van der Waals surface area contributed by atoms with Crippen molar-refractivity contribution in [3.05, 3.63) is 64.7 Å². The summed E-state index contributed by atoms with van der Waals surface area (Å²) in [6.07, 6.45) is 0. The van der Waals surface area contributed by atoms with Gasteiger partial charge in [-0.15, -0.1) is 10.2 Å². The van der Waals surface area contributed by atoms with Gasteiger partial charge in [0.1, 0.15) is 0 Å². The zero-order chi connectivity index (χ0) is 18.7. The quantitative estimate of drug-likeness (QED) is 0.628. The summed E-state index contributed by atoms with van der Waals surface area (Å²) in [5.74, 6) is 1.23. The van der Waals surface area contributed by atoms with Crippen LogP contribution in [0.15, 0.2) is 52.1 Å². The lowest BCUT2D eigenvalue weighted by Gasteiger charge is -2.10. The minimum absolute atomic E-state index is 0.000799. The molecule has 0 saturated heterocycles. The number of amides is 1. The SMILES string of the molecule is Cc1ccc(-c2nnc(SCc3ccc(C(=O)N(C)C)cc3)o2)cc1C. The van der Waals surface area contributed by atoms with Gasteiger partial charge in [-0.05, 0) is 54.8 Å². The van der Waals surface area contributed by atoms with E-state index in [-0.39, 0.29) is 5.91 Å². The Morgan fingerprint density at radius 1 is 1.04 bits per heavy atom. The van der Waals surface area contributed by atoms with Gasteiger partial charge in [0.15, 0.2) is 0 Å². The molecule has 1 aromatic heterocycles. The van der Waals surface area contributed by atoms with Crippen LogP contribution >= 0.6 is 11.8 Å². The van der Waals surface area contributed by atoms with E-state index in [0.29, 0.717) is 22.4 Å². The molecule has 5 nitrogen and oxygen atoms in total. The molecule has 0 aliphatic carbocycles. The van der Waals surface area contributed by atoms with E-state index in [1.807, 2.05) is 30.3 Å². The Labute approximate surface area is 157 Å². The second kappa shape index (κ2) is 7.74. The van der Waals surface area contributed by atoms with E-state index >= 15 is 0 Å². The molecule has 6 heteroatoms. The summed E-state index contributed by atoms with van der Waals surface area (Å²) in [7, 11) is 3.49. The van der Waals surface area contributed by atoms with Crippen molar-refractivity contribution >= 4 is 17.7 Å². The number of rotatable bonds is 5. The maximum Gasteiger partial charge on any atom is 0.277 e. The first-order valence-corrected chi connectivity index (χ1v) is 9.27. The summed E-state index contributed by atoms with van der Waals surface area (Å²) in [6.45, 7) is 4.14. The molecule has 0 aliphatic rings. The average Bonchev–Trinajstić information content (AvgIpc) is 3.11. The Morgan fingerprint density at radius 2 is 1.77 bits per heavy atom. The lowest BCUT2D eigenvalue weighted by atomic mass is 10.1. The van der Waals surface area contributed by atoms with E-state index < -0.39 is 0 Å². The Hall–Kier alpha value is -2.60. The second-order valence-corrected chi connectivity index (χ2v) is 7.28. The molecule has 0 atom stereocenters. The molecule has 26 heavy (non-hydrogen) atoms. The maximum absolute atomic E-state index is 11.9. The van der Waals surface area contributed by atoms with E-state index in [1.165, 1.54) is 22.9 Å². The number of carbonyl (C=O) groups is 1. The first kappa shape index (κ1) is 18.2. The van der Waals surface area contributed by atoms with E-state index in [1.54, 1.807) is 19.0 Å². The molecule has 3 aromatic rings. The second-order valence-electron chi connectivity index (χ2n) is 6.36. The highest BCUT2D eigenvalue weighted by molar-refractivity contribution is 7.98. The molecule has 0 spiro atoms. The van der Waals surface area contributed by atoms with Crippen LogP contribution in [0, 0.1) is 13.8 Å². The summed E-state index contributed by atoms with van der Waals surface area (Å²) in [5, 5.41) is 8.79. The normalized spacial score (nSPS) is 10.8. The average molecular weight is 367 g/mol. The minimum Gasteiger partial charge on any atom is -0.411 e. The Bertz CT molecular complexity index is 917. The first-order chi connectivity index (χ1) is 12.4. The number of carbonyl (C=O) groups excluding carboxylic acids is 1. The summed E-state index contributed by atoms with van der Waals surface area (Å²) >= 11 is 1.48. The number of aryl methyl sites for hydroxylation is 2. The van der Waals surface area contributed by atoms with E-state index in [4.69, 9.17) is 4.42 Å². The van der Waals surface area contributed by atoms with Crippen molar-refractivity contribution in [3.63, 3.8) is 0 Å². The third-order valence-corrected chi connectivity index (χ3v) is 5.02. The molecule has 0 aliphatic heterocycles. The van der Waals surface area contributed by atoms with E-state index in [9.17, 15) is 4.79 Å². The lowest BCUT2D eigenvalue weighted by Crippen LogP contribution is -2.21. The molecule has 0 radical (unpaired) electrons. The maximum atomic E-state index is 11.9. The number of hydrogen-bond acceptors (Lipinski definition) is 5. The summed E-state index contributed by atoms with van der Waals surface area (Å²) in [5.41, 5.74) is 5.13.